The molecule has 11 rings (SSSR count). The van der Waals surface area contributed by atoms with Crippen molar-refractivity contribution in [2.24, 2.45) is 0 Å². The van der Waals surface area contributed by atoms with Crippen molar-refractivity contribution in [3.05, 3.63) is 217 Å². The summed E-state index contributed by atoms with van der Waals surface area (Å²) >= 11 is 0. The summed E-state index contributed by atoms with van der Waals surface area (Å²) in [6.07, 6.45) is 1.93. The van der Waals surface area contributed by atoms with E-state index in [1.165, 1.54) is 22.1 Å². The smallest absolute Gasteiger partial charge is 0.457 e. The first-order valence-corrected chi connectivity index (χ1v) is 24.8. The minimum absolute atomic E-state index is 0.00279. The van der Waals surface area contributed by atoms with Gasteiger partial charge in [0.05, 0.1) is 33.8 Å². The largest absolute Gasteiger partial charge is 0.503 e. The molecule has 348 valence electrons. The van der Waals surface area contributed by atoms with Gasteiger partial charge in [-0.25, -0.2) is 4.98 Å². The lowest BCUT2D eigenvalue weighted by atomic mass is 9.85. The molecule has 5 heteroatoms. The van der Waals surface area contributed by atoms with Crippen LogP contribution in [0.4, 0.5) is 22.7 Å². The number of ether oxygens (including phenoxy) is 1. The highest BCUT2D eigenvalue weighted by atomic mass is 16.5. The topological polar surface area (TPSA) is 33.1 Å². The molecule has 0 spiro atoms. The third-order valence-electron chi connectivity index (χ3n) is 13.9. The number of hydrogen-bond donors (Lipinski definition) is 0. The van der Waals surface area contributed by atoms with Crippen molar-refractivity contribution in [1.29, 1.82) is 0 Å². The Morgan fingerprint density at radius 3 is 1.68 bits per heavy atom. The molecule has 0 saturated heterocycles. The van der Waals surface area contributed by atoms with Gasteiger partial charge in [-0.2, -0.15) is 0 Å². The molecule has 0 aliphatic carbocycles. The second-order valence-corrected chi connectivity index (χ2v) is 22.0. The first-order chi connectivity index (χ1) is 34.1. The third kappa shape index (κ3) is 8.47. The summed E-state index contributed by atoms with van der Waals surface area (Å²) in [4.78, 5) is 4.97. The summed E-state index contributed by atoms with van der Waals surface area (Å²) in [7, 11) is 0. The normalized spacial score (nSPS) is 12.8. The molecule has 0 amide bonds. The van der Waals surface area contributed by atoms with Gasteiger partial charge in [0.15, 0.2) is 0 Å². The molecule has 71 heavy (non-hydrogen) atoms. The van der Waals surface area contributed by atoms with E-state index in [1.807, 2.05) is 12.3 Å². The van der Waals surface area contributed by atoms with Gasteiger partial charge >= 0.3 is 11.7 Å². The molecule has 8 aromatic carbocycles. The molecule has 5 nitrogen and oxygen atoms in total. The zero-order chi connectivity index (χ0) is 49.2. The van der Waals surface area contributed by atoms with Crippen LogP contribution in [0.2, 0.25) is 0 Å². The van der Waals surface area contributed by atoms with Gasteiger partial charge in [-0.15, -0.1) is 0 Å². The molecule has 0 saturated carbocycles. The Hall–Kier alpha value is -8.11. The standard InChI is InChI=1S/C66H60N4O/c1-64(2,3)47-25-16-24-46(38-47)55-30-19-31-59-63(55)69(62-53(44-20-12-10-13-21-44)28-18-29-54(62)45-22-14-11-15-23-45)43-68(59)50-26-17-27-51(41-50)71-52-33-34-56-57-39-48(65(4,5)6)32-35-58(57)70(60(56)42-52)61-40-49(36-37-67-61)66(7,8)9/h10-42H,1-9H3/q+2. The maximum Gasteiger partial charge on any atom is 0.503 e. The fourth-order valence-corrected chi connectivity index (χ4v) is 9.99. The van der Waals surface area contributed by atoms with Crippen LogP contribution in [0.15, 0.2) is 200 Å². The molecule has 10 aromatic rings. The number of aromatic nitrogens is 2. The maximum absolute atomic E-state index is 6.92. The predicted molar refractivity (Wildman–Crippen MR) is 298 cm³/mol. The SMILES string of the molecule is CC(C)(C)c1cccc(-c2cccc3c2[N+](c2c(-c4ccccc4)cccc2-c2ccccc2)=C=[N+]3c2cccc(Oc3ccc4c5cc(C(C)(C)C)ccc5n(-c5cc(C(C)(C)C)ccn5)c4c3)c2)c1. The van der Waals surface area contributed by atoms with Crippen molar-refractivity contribution in [2.45, 2.75) is 78.6 Å². The fourth-order valence-electron chi connectivity index (χ4n) is 9.99. The van der Waals surface area contributed by atoms with Gasteiger partial charge in [0.25, 0.3) is 5.69 Å². The lowest BCUT2D eigenvalue weighted by molar-refractivity contribution is 0.483. The highest BCUT2D eigenvalue weighted by molar-refractivity contribution is 6.10. The minimum atomic E-state index is -0.0365. The second kappa shape index (κ2) is 17.4. The first kappa shape index (κ1) is 45.3. The zero-order valence-corrected chi connectivity index (χ0v) is 42.2. The number of rotatable bonds is 8. The van der Waals surface area contributed by atoms with Crippen LogP contribution < -0.4 is 13.9 Å². The van der Waals surface area contributed by atoms with Gasteiger partial charge < -0.3 is 4.74 Å². The van der Waals surface area contributed by atoms with Gasteiger partial charge in [0.1, 0.15) is 17.3 Å². The molecule has 3 heterocycles. The van der Waals surface area contributed by atoms with Crippen molar-refractivity contribution in [3.8, 4) is 50.7 Å². The number of nitrogens with zero attached hydrogens (tertiary/aromatic N) is 4. The Morgan fingerprint density at radius 2 is 1.00 bits per heavy atom. The van der Waals surface area contributed by atoms with E-state index in [9.17, 15) is 0 Å². The van der Waals surface area contributed by atoms with E-state index in [4.69, 9.17) is 9.72 Å². The monoisotopic (exact) mass is 924 g/mol. The van der Waals surface area contributed by atoms with E-state index in [0.717, 1.165) is 89.9 Å². The molecule has 0 bridgehead atoms. The predicted octanol–water partition coefficient (Wildman–Crippen LogP) is 17.7. The van der Waals surface area contributed by atoms with E-state index < -0.39 is 0 Å². The molecular weight excluding hydrogens is 865 g/mol. The van der Waals surface area contributed by atoms with Crippen molar-refractivity contribution in [3.63, 3.8) is 0 Å². The summed E-state index contributed by atoms with van der Waals surface area (Å²) in [6.45, 7) is 20.4. The molecule has 0 radical (unpaired) electrons. The maximum atomic E-state index is 6.92. The van der Waals surface area contributed by atoms with Crippen LogP contribution in [0.3, 0.4) is 0 Å². The van der Waals surface area contributed by atoms with Crippen molar-refractivity contribution in [1.82, 2.24) is 18.7 Å². The van der Waals surface area contributed by atoms with Crippen LogP contribution in [0.25, 0.3) is 61.0 Å². The average Bonchev–Trinajstić information content (AvgIpc) is 3.92. The number of fused-ring (bicyclic) bond motifs is 4. The van der Waals surface area contributed by atoms with Crippen LogP contribution >= 0.6 is 0 Å². The Bertz CT molecular complexity index is 3700. The lowest BCUT2D eigenvalue weighted by Crippen LogP contribution is -2.12. The number of para-hydroxylation sites is 2. The van der Waals surface area contributed by atoms with Crippen molar-refractivity contribution < 1.29 is 4.74 Å². The Kier molecular flexibility index (Phi) is 11.1. The van der Waals surface area contributed by atoms with Gasteiger partial charge in [-0.1, -0.05) is 172 Å². The summed E-state index contributed by atoms with van der Waals surface area (Å²) in [6, 6.07) is 73.7. The van der Waals surface area contributed by atoms with Crippen molar-refractivity contribution >= 4 is 50.6 Å². The quantitative estimate of drug-likeness (QED) is 0.142. The fraction of sp³-hybridized carbons (Fsp3) is 0.182. The van der Waals surface area contributed by atoms with E-state index >= 15 is 0 Å². The molecule has 1 aliphatic heterocycles. The lowest BCUT2D eigenvalue weighted by Gasteiger charge is -2.20. The van der Waals surface area contributed by atoms with Crippen LogP contribution in [-0.2, 0) is 16.2 Å². The molecule has 0 fully saturated rings. The van der Waals surface area contributed by atoms with Gasteiger partial charge in [0, 0.05) is 35.2 Å². The Morgan fingerprint density at radius 1 is 0.423 bits per heavy atom. The van der Waals surface area contributed by atoms with Gasteiger partial charge in [0.2, 0.25) is 11.4 Å². The van der Waals surface area contributed by atoms with Crippen LogP contribution in [0, 0.1) is 0 Å². The third-order valence-corrected chi connectivity index (χ3v) is 13.9. The van der Waals surface area contributed by atoms with E-state index in [1.54, 1.807) is 0 Å². The summed E-state index contributed by atoms with van der Waals surface area (Å²) in [5.74, 6) is 2.35. The Balaban J connectivity index is 1.09. The van der Waals surface area contributed by atoms with E-state index in [0.29, 0.717) is 0 Å². The van der Waals surface area contributed by atoms with Crippen LogP contribution in [0.1, 0.15) is 79.0 Å². The van der Waals surface area contributed by atoms with Gasteiger partial charge in [-0.05, 0) is 119 Å². The van der Waals surface area contributed by atoms with Crippen LogP contribution in [0.5, 0.6) is 11.5 Å². The highest BCUT2D eigenvalue weighted by Crippen LogP contribution is 2.49. The zero-order valence-electron chi connectivity index (χ0n) is 42.2. The molecular formula is C66H60N4O+2. The summed E-state index contributed by atoms with van der Waals surface area (Å²) in [5.41, 5.74) is 16.7. The van der Waals surface area contributed by atoms with E-state index in [-0.39, 0.29) is 16.2 Å². The summed E-state index contributed by atoms with van der Waals surface area (Å²) in [5, 5.41) is 2.35. The number of hydrogen-bond acceptors (Lipinski definition) is 2. The first-order valence-electron chi connectivity index (χ1n) is 24.8. The molecule has 2 aromatic heterocycles. The second-order valence-electron chi connectivity index (χ2n) is 22.0. The Labute approximate surface area is 418 Å². The minimum Gasteiger partial charge on any atom is -0.457 e. The highest BCUT2D eigenvalue weighted by Gasteiger charge is 2.42. The molecule has 1 aliphatic rings. The van der Waals surface area contributed by atoms with E-state index in [2.05, 4.69) is 270 Å². The molecule has 0 atom stereocenters. The molecule has 0 unspecified atom stereocenters. The van der Waals surface area contributed by atoms with Gasteiger partial charge in [-0.3, -0.25) is 4.57 Å². The summed E-state index contributed by atoms with van der Waals surface area (Å²) < 4.78 is 13.7. The molecule has 0 N–H and O–H groups in total. The number of benzene rings is 8. The number of pyridine rings is 1. The van der Waals surface area contributed by atoms with Crippen molar-refractivity contribution in [2.75, 3.05) is 0 Å². The van der Waals surface area contributed by atoms with Crippen LogP contribution in [-0.4, -0.2) is 15.6 Å². The average molecular weight is 925 g/mol.